The molecule has 110 valence electrons. The molecule has 3 aromatic heterocycles. The van der Waals surface area contributed by atoms with E-state index < -0.39 is 0 Å². The number of pyridine rings is 2. The lowest BCUT2D eigenvalue weighted by molar-refractivity contribution is -0.115. The van der Waals surface area contributed by atoms with Crippen LogP contribution in [0, 0.1) is 0 Å². The molecule has 0 aliphatic rings. The Kier molecular flexibility index (Phi) is 4.05. The average Bonchev–Trinajstić information content (AvgIpc) is 3.03. The molecule has 0 atom stereocenters. The number of carbonyl (C=O) groups excluding carboxylic acids is 1. The van der Waals surface area contributed by atoms with E-state index in [1.54, 1.807) is 48.9 Å². The van der Waals surface area contributed by atoms with Gasteiger partial charge in [-0.3, -0.25) is 14.9 Å². The Balaban J connectivity index is 1.58. The van der Waals surface area contributed by atoms with Crippen LogP contribution in [0.25, 0.3) is 0 Å². The van der Waals surface area contributed by atoms with Gasteiger partial charge in [-0.1, -0.05) is 0 Å². The summed E-state index contributed by atoms with van der Waals surface area (Å²) in [6.45, 7) is 0. The molecule has 0 aliphatic carbocycles. The normalized spacial score (nSPS) is 10.2. The summed E-state index contributed by atoms with van der Waals surface area (Å²) in [5.74, 6) is 0.887. The first-order chi connectivity index (χ1) is 10.8. The maximum atomic E-state index is 11.8. The van der Waals surface area contributed by atoms with Crippen LogP contribution >= 0.6 is 0 Å². The fraction of sp³-hybridized carbons (Fsp3) is 0.0667. The van der Waals surface area contributed by atoms with E-state index >= 15 is 0 Å². The average molecular weight is 295 g/mol. The summed E-state index contributed by atoms with van der Waals surface area (Å²) in [7, 11) is 0. The second kappa shape index (κ2) is 6.49. The summed E-state index contributed by atoms with van der Waals surface area (Å²) >= 11 is 0. The van der Waals surface area contributed by atoms with Crippen molar-refractivity contribution in [1.82, 2.24) is 20.2 Å². The number of anilines is 1. The predicted octanol–water partition coefficient (Wildman–Crippen LogP) is 2.17. The Morgan fingerprint density at radius 3 is 2.82 bits per heavy atom. The Hall–Kier alpha value is -3.22. The monoisotopic (exact) mass is 295 g/mol. The lowest BCUT2D eigenvalue weighted by Crippen LogP contribution is -2.14. The maximum Gasteiger partial charge on any atom is 0.230 e. The Morgan fingerprint density at radius 2 is 2.14 bits per heavy atom. The maximum absolute atomic E-state index is 11.8. The van der Waals surface area contributed by atoms with Gasteiger partial charge in [0.25, 0.3) is 0 Å². The third kappa shape index (κ3) is 3.66. The number of hydrogen-bond donors (Lipinski definition) is 2. The number of hydrogen-bond acceptors (Lipinski definition) is 5. The number of H-pyrrole nitrogens is 1. The summed E-state index contributed by atoms with van der Waals surface area (Å²) < 4.78 is 5.52. The van der Waals surface area contributed by atoms with Crippen molar-refractivity contribution in [1.29, 1.82) is 0 Å². The molecule has 0 fully saturated rings. The number of carbonyl (C=O) groups is 1. The van der Waals surface area contributed by atoms with Crippen molar-refractivity contribution in [2.75, 3.05) is 5.32 Å². The first-order valence-corrected chi connectivity index (χ1v) is 6.61. The van der Waals surface area contributed by atoms with Crippen molar-refractivity contribution >= 4 is 11.6 Å². The van der Waals surface area contributed by atoms with Gasteiger partial charge in [0, 0.05) is 24.2 Å². The standard InChI is InChI=1S/C15H13N5O2/c21-14(8-11-5-7-18-20-11)19-12-3-4-15(17-9-12)22-13-2-1-6-16-10-13/h1-7,9-10H,8H2,(H,18,20)(H,19,21). The van der Waals surface area contributed by atoms with Crippen molar-refractivity contribution in [2.24, 2.45) is 0 Å². The van der Waals surface area contributed by atoms with Crippen molar-refractivity contribution < 1.29 is 9.53 Å². The molecule has 7 heteroatoms. The number of aromatic nitrogens is 4. The minimum Gasteiger partial charge on any atom is -0.437 e. The molecule has 0 saturated heterocycles. The van der Waals surface area contributed by atoms with Gasteiger partial charge < -0.3 is 10.1 Å². The van der Waals surface area contributed by atoms with Gasteiger partial charge in [-0.25, -0.2) is 4.98 Å². The fourth-order valence-electron chi connectivity index (χ4n) is 1.80. The van der Waals surface area contributed by atoms with Gasteiger partial charge in [0.2, 0.25) is 11.8 Å². The summed E-state index contributed by atoms with van der Waals surface area (Å²) in [6.07, 6.45) is 6.64. The van der Waals surface area contributed by atoms with Crippen LogP contribution in [-0.4, -0.2) is 26.1 Å². The Bertz CT molecular complexity index is 726. The lowest BCUT2D eigenvalue weighted by Gasteiger charge is -2.06. The van der Waals surface area contributed by atoms with E-state index in [4.69, 9.17) is 4.74 Å². The number of aromatic amines is 1. The van der Waals surface area contributed by atoms with Gasteiger partial charge >= 0.3 is 0 Å². The predicted molar refractivity (Wildman–Crippen MR) is 79.5 cm³/mol. The van der Waals surface area contributed by atoms with Crippen molar-refractivity contribution in [3.05, 3.63) is 60.8 Å². The largest absolute Gasteiger partial charge is 0.437 e. The highest BCUT2D eigenvalue weighted by Crippen LogP contribution is 2.19. The molecule has 0 aliphatic heterocycles. The smallest absolute Gasteiger partial charge is 0.230 e. The molecule has 0 aromatic carbocycles. The topological polar surface area (TPSA) is 92.8 Å². The van der Waals surface area contributed by atoms with E-state index in [1.807, 2.05) is 0 Å². The van der Waals surface area contributed by atoms with E-state index in [0.29, 0.717) is 17.3 Å². The number of nitrogens with zero attached hydrogens (tertiary/aromatic N) is 3. The van der Waals surface area contributed by atoms with E-state index in [9.17, 15) is 4.79 Å². The highest BCUT2D eigenvalue weighted by Gasteiger charge is 2.06. The Labute approximate surface area is 126 Å². The molecule has 3 heterocycles. The zero-order chi connectivity index (χ0) is 15.2. The fourth-order valence-corrected chi connectivity index (χ4v) is 1.80. The summed E-state index contributed by atoms with van der Waals surface area (Å²) in [6, 6.07) is 8.72. The molecule has 7 nitrogen and oxygen atoms in total. The van der Waals surface area contributed by atoms with E-state index in [-0.39, 0.29) is 12.3 Å². The molecule has 1 amide bonds. The molecule has 0 spiro atoms. The highest BCUT2D eigenvalue weighted by molar-refractivity contribution is 5.91. The first kappa shape index (κ1) is 13.7. The van der Waals surface area contributed by atoms with Gasteiger partial charge in [-0.15, -0.1) is 0 Å². The van der Waals surface area contributed by atoms with Gasteiger partial charge in [0.15, 0.2) is 0 Å². The van der Waals surface area contributed by atoms with Crippen LogP contribution in [0.1, 0.15) is 5.69 Å². The van der Waals surface area contributed by atoms with Crippen LogP contribution in [0.5, 0.6) is 11.6 Å². The minimum absolute atomic E-state index is 0.146. The molecule has 3 aromatic rings. The number of rotatable bonds is 5. The molecule has 0 radical (unpaired) electrons. The van der Waals surface area contributed by atoms with Crippen molar-refractivity contribution in [3.63, 3.8) is 0 Å². The second-order valence-electron chi connectivity index (χ2n) is 4.48. The third-order valence-corrected chi connectivity index (χ3v) is 2.79. The van der Waals surface area contributed by atoms with Crippen molar-refractivity contribution in [3.8, 4) is 11.6 Å². The molecule has 0 saturated carbocycles. The molecule has 3 rings (SSSR count). The van der Waals surface area contributed by atoms with Crippen LogP contribution in [0.2, 0.25) is 0 Å². The SMILES string of the molecule is O=C(Cc1ccn[nH]1)Nc1ccc(Oc2cccnc2)nc1. The van der Waals surface area contributed by atoms with Crippen LogP contribution in [-0.2, 0) is 11.2 Å². The van der Waals surface area contributed by atoms with E-state index in [2.05, 4.69) is 25.5 Å². The molecule has 0 unspecified atom stereocenters. The summed E-state index contributed by atoms with van der Waals surface area (Å²) in [5.41, 5.74) is 1.35. The number of amides is 1. The second-order valence-corrected chi connectivity index (χ2v) is 4.48. The molecule has 22 heavy (non-hydrogen) atoms. The van der Waals surface area contributed by atoms with E-state index in [1.165, 1.54) is 6.20 Å². The van der Waals surface area contributed by atoms with Crippen molar-refractivity contribution in [2.45, 2.75) is 6.42 Å². The highest BCUT2D eigenvalue weighted by atomic mass is 16.5. The Morgan fingerprint density at radius 1 is 1.18 bits per heavy atom. The lowest BCUT2D eigenvalue weighted by atomic mass is 10.3. The zero-order valence-corrected chi connectivity index (χ0v) is 11.6. The van der Waals surface area contributed by atoms with Crippen LogP contribution < -0.4 is 10.1 Å². The van der Waals surface area contributed by atoms with Gasteiger partial charge in [-0.05, 0) is 24.3 Å². The van der Waals surface area contributed by atoms with Crippen LogP contribution in [0.4, 0.5) is 5.69 Å². The third-order valence-electron chi connectivity index (χ3n) is 2.79. The van der Waals surface area contributed by atoms with Crippen LogP contribution in [0.3, 0.4) is 0 Å². The van der Waals surface area contributed by atoms with Gasteiger partial charge in [-0.2, -0.15) is 5.10 Å². The van der Waals surface area contributed by atoms with E-state index in [0.717, 1.165) is 5.69 Å². The summed E-state index contributed by atoms with van der Waals surface area (Å²) in [4.78, 5) is 19.9. The summed E-state index contributed by atoms with van der Waals surface area (Å²) in [5, 5.41) is 9.29. The van der Waals surface area contributed by atoms with Gasteiger partial charge in [0.1, 0.15) is 5.75 Å². The minimum atomic E-state index is -0.146. The number of nitrogens with one attached hydrogen (secondary N) is 2. The molecule has 2 N–H and O–H groups in total. The van der Waals surface area contributed by atoms with Crippen LogP contribution in [0.15, 0.2) is 55.1 Å². The molecular formula is C15H13N5O2. The number of ether oxygens (including phenoxy) is 1. The molecule has 0 bridgehead atoms. The zero-order valence-electron chi connectivity index (χ0n) is 11.6. The molecular weight excluding hydrogens is 282 g/mol. The first-order valence-electron chi connectivity index (χ1n) is 6.61. The van der Waals surface area contributed by atoms with Gasteiger partial charge in [0.05, 0.1) is 24.5 Å². The quantitative estimate of drug-likeness (QED) is 0.752.